The molecular formula is C25H28F5NO. The molecule has 0 spiro atoms. The zero-order valence-corrected chi connectivity index (χ0v) is 18.7. The smallest absolute Gasteiger partial charge is 0.346 e. The monoisotopic (exact) mass is 453 g/mol. The molecule has 0 aliphatic rings. The maximum atomic E-state index is 13.8. The molecule has 1 N–H and O–H groups in total. The van der Waals surface area contributed by atoms with Crippen LogP contribution in [0.3, 0.4) is 0 Å². The Morgan fingerprint density at radius 3 is 1.94 bits per heavy atom. The first kappa shape index (κ1) is 25.6. The highest BCUT2D eigenvalue weighted by Crippen LogP contribution is 2.33. The van der Waals surface area contributed by atoms with Gasteiger partial charge in [0.2, 0.25) is 5.91 Å². The summed E-state index contributed by atoms with van der Waals surface area (Å²) >= 11 is 0. The van der Waals surface area contributed by atoms with Crippen molar-refractivity contribution in [2.45, 2.75) is 65.6 Å². The Labute approximate surface area is 185 Å². The topological polar surface area (TPSA) is 29.1 Å². The minimum atomic E-state index is -4.45. The van der Waals surface area contributed by atoms with Gasteiger partial charge in [0, 0.05) is 11.6 Å². The molecular weight excluding hydrogens is 425 g/mol. The van der Waals surface area contributed by atoms with Crippen LogP contribution < -0.4 is 5.32 Å². The first-order chi connectivity index (χ1) is 15.0. The van der Waals surface area contributed by atoms with Crippen molar-refractivity contribution in [3.05, 3.63) is 75.4 Å². The van der Waals surface area contributed by atoms with Crippen molar-refractivity contribution in [2.24, 2.45) is 0 Å². The summed E-state index contributed by atoms with van der Waals surface area (Å²) in [6.45, 7) is 6.67. The van der Waals surface area contributed by atoms with Crippen molar-refractivity contribution in [3.63, 3.8) is 0 Å². The zero-order valence-electron chi connectivity index (χ0n) is 18.7. The summed E-state index contributed by atoms with van der Waals surface area (Å²) in [5.74, 6) is -1.91. The minimum Gasteiger partial charge on any atom is -0.346 e. The van der Waals surface area contributed by atoms with Crippen molar-refractivity contribution in [1.29, 1.82) is 0 Å². The SMILES string of the molecule is CCCc1cc(C(F)(F)F)cc(CCC)c1/C=C/C(=O)N[C@H](C)c1cc(F)c(C)c(F)c1. The Balaban J connectivity index is 2.31. The number of halogens is 5. The first-order valence-electron chi connectivity index (χ1n) is 10.6. The molecule has 0 aliphatic heterocycles. The Hall–Kier alpha value is -2.70. The van der Waals surface area contributed by atoms with Gasteiger partial charge in [0.1, 0.15) is 11.6 Å². The lowest BCUT2D eigenvalue weighted by Crippen LogP contribution is -2.25. The van der Waals surface area contributed by atoms with Crippen LogP contribution in [0.15, 0.2) is 30.3 Å². The van der Waals surface area contributed by atoms with Crippen LogP contribution in [0, 0.1) is 18.6 Å². The maximum Gasteiger partial charge on any atom is 0.416 e. The second-order valence-corrected chi connectivity index (χ2v) is 7.88. The third-order valence-electron chi connectivity index (χ3n) is 5.28. The first-order valence-corrected chi connectivity index (χ1v) is 10.6. The Kier molecular flexibility index (Phi) is 8.58. The van der Waals surface area contributed by atoms with Crippen LogP contribution in [0.2, 0.25) is 0 Å². The lowest BCUT2D eigenvalue weighted by molar-refractivity contribution is -0.137. The van der Waals surface area contributed by atoms with Gasteiger partial charge in [-0.05, 0) is 79.3 Å². The molecule has 1 amide bonds. The molecule has 32 heavy (non-hydrogen) atoms. The summed E-state index contributed by atoms with van der Waals surface area (Å²) in [6.07, 6.45) is 0.523. The van der Waals surface area contributed by atoms with Crippen molar-refractivity contribution in [1.82, 2.24) is 5.32 Å². The van der Waals surface area contributed by atoms with E-state index in [9.17, 15) is 26.7 Å². The van der Waals surface area contributed by atoms with E-state index < -0.39 is 35.3 Å². The van der Waals surface area contributed by atoms with Crippen LogP contribution in [-0.2, 0) is 23.8 Å². The number of rotatable bonds is 8. The van der Waals surface area contributed by atoms with E-state index >= 15 is 0 Å². The summed E-state index contributed by atoms with van der Waals surface area (Å²) in [5, 5.41) is 2.64. The predicted octanol–water partition coefficient (Wildman–Crippen LogP) is 7.09. The fourth-order valence-corrected chi connectivity index (χ4v) is 3.53. The molecule has 0 saturated heterocycles. The van der Waals surface area contributed by atoms with Crippen LogP contribution >= 0.6 is 0 Å². The van der Waals surface area contributed by atoms with Crippen LogP contribution in [0.5, 0.6) is 0 Å². The van der Waals surface area contributed by atoms with Crippen LogP contribution in [-0.4, -0.2) is 5.91 Å². The average molecular weight is 453 g/mol. The second kappa shape index (κ2) is 10.7. The lowest BCUT2D eigenvalue weighted by Gasteiger charge is -2.17. The van der Waals surface area contributed by atoms with Gasteiger partial charge in [0.15, 0.2) is 0 Å². The number of nitrogens with one attached hydrogen (secondary N) is 1. The number of hydrogen-bond donors (Lipinski definition) is 1. The Morgan fingerprint density at radius 1 is 1.00 bits per heavy atom. The molecule has 2 aromatic rings. The maximum absolute atomic E-state index is 13.8. The number of benzene rings is 2. The third-order valence-corrected chi connectivity index (χ3v) is 5.28. The van der Waals surface area contributed by atoms with E-state index in [1.54, 1.807) is 6.92 Å². The molecule has 2 nitrogen and oxygen atoms in total. The predicted molar refractivity (Wildman–Crippen MR) is 116 cm³/mol. The third kappa shape index (κ3) is 6.40. The van der Waals surface area contributed by atoms with E-state index in [-0.39, 0.29) is 11.1 Å². The highest BCUT2D eigenvalue weighted by molar-refractivity contribution is 5.92. The highest BCUT2D eigenvalue weighted by atomic mass is 19.4. The number of carbonyl (C=O) groups excluding carboxylic acids is 1. The average Bonchev–Trinajstić information content (AvgIpc) is 2.70. The van der Waals surface area contributed by atoms with E-state index in [0.29, 0.717) is 42.4 Å². The fraction of sp³-hybridized carbons (Fsp3) is 0.400. The van der Waals surface area contributed by atoms with Crippen LogP contribution in [0.25, 0.3) is 6.08 Å². The van der Waals surface area contributed by atoms with Gasteiger partial charge in [-0.25, -0.2) is 8.78 Å². The number of carbonyl (C=O) groups is 1. The second-order valence-electron chi connectivity index (χ2n) is 7.88. The lowest BCUT2D eigenvalue weighted by atomic mass is 9.92. The molecule has 0 bridgehead atoms. The fourth-order valence-electron chi connectivity index (χ4n) is 3.53. The van der Waals surface area contributed by atoms with E-state index in [4.69, 9.17) is 0 Å². The van der Waals surface area contributed by atoms with Crippen molar-refractivity contribution >= 4 is 12.0 Å². The molecule has 174 valence electrons. The summed E-state index contributed by atoms with van der Waals surface area (Å²) < 4.78 is 67.6. The van der Waals surface area contributed by atoms with E-state index in [2.05, 4.69) is 5.32 Å². The molecule has 1 atom stereocenters. The van der Waals surface area contributed by atoms with Crippen molar-refractivity contribution < 1.29 is 26.7 Å². The normalized spacial score (nSPS) is 12.9. The summed E-state index contributed by atoms with van der Waals surface area (Å²) in [5.41, 5.74) is 1.16. The minimum absolute atomic E-state index is 0.0959. The molecule has 2 aromatic carbocycles. The number of aryl methyl sites for hydroxylation is 2. The van der Waals surface area contributed by atoms with Crippen molar-refractivity contribution in [2.75, 3.05) is 0 Å². The van der Waals surface area contributed by atoms with E-state index in [1.165, 1.54) is 31.2 Å². The number of alkyl halides is 3. The summed E-state index contributed by atoms with van der Waals surface area (Å²) in [7, 11) is 0. The zero-order chi connectivity index (χ0) is 24.1. The highest BCUT2D eigenvalue weighted by Gasteiger charge is 2.31. The number of amides is 1. The quantitative estimate of drug-likeness (QED) is 0.336. The molecule has 0 heterocycles. The van der Waals surface area contributed by atoms with E-state index in [1.807, 2.05) is 13.8 Å². The van der Waals surface area contributed by atoms with Gasteiger partial charge in [-0.3, -0.25) is 4.79 Å². The molecule has 7 heteroatoms. The standard InChI is InChI=1S/C25H28F5NO/c1-5-7-17-11-20(25(28,29)30)12-18(8-6-2)21(17)9-10-24(32)31-16(4)19-13-22(26)15(3)23(27)14-19/h9-14,16H,5-8H2,1-4H3,(H,31,32)/b10-9+/t16-/m1/s1. The van der Waals surface area contributed by atoms with Crippen LogP contribution in [0.4, 0.5) is 22.0 Å². The van der Waals surface area contributed by atoms with Gasteiger partial charge in [-0.2, -0.15) is 13.2 Å². The molecule has 0 aliphatic carbocycles. The van der Waals surface area contributed by atoms with Gasteiger partial charge in [0.25, 0.3) is 0 Å². The van der Waals surface area contributed by atoms with Crippen molar-refractivity contribution in [3.8, 4) is 0 Å². The van der Waals surface area contributed by atoms with Gasteiger partial charge in [-0.1, -0.05) is 26.7 Å². The Bertz CT molecular complexity index is 944. The largest absolute Gasteiger partial charge is 0.416 e. The molecule has 0 saturated carbocycles. The molecule has 0 fully saturated rings. The number of hydrogen-bond acceptors (Lipinski definition) is 1. The Morgan fingerprint density at radius 2 is 1.50 bits per heavy atom. The summed E-state index contributed by atoms with van der Waals surface area (Å²) in [4.78, 5) is 12.4. The van der Waals surface area contributed by atoms with Crippen LogP contribution in [0.1, 0.15) is 73.0 Å². The summed E-state index contributed by atoms with van der Waals surface area (Å²) in [6, 6.07) is 3.96. The van der Waals surface area contributed by atoms with E-state index in [0.717, 1.165) is 12.1 Å². The van der Waals surface area contributed by atoms with Gasteiger partial charge in [-0.15, -0.1) is 0 Å². The van der Waals surface area contributed by atoms with Gasteiger partial charge >= 0.3 is 6.18 Å². The molecule has 2 rings (SSSR count). The molecule has 0 radical (unpaired) electrons. The van der Waals surface area contributed by atoms with Gasteiger partial charge in [0.05, 0.1) is 11.6 Å². The van der Waals surface area contributed by atoms with Gasteiger partial charge < -0.3 is 5.32 Å². The molecule has 0 unspecified atom stereocenters. The molecule has 0 aromatic heterocycles.